The molecule has 0 radical (unpaired) electrons. The molecule has 1 rings (SSSR count). The Balaban J connectivity index is 3.04. The van der Waals surface area contributed by atoms with Gasteiger partial charge in [0.25, 0.3) is 0 Å². The molecule has 1 saturated heterocycles. The molecule has 0 unspecified atom stereocenters. The van der Waals surface area contributed by atoms with E-state index >= 15 is 0 Å². The van der Waals surface area contributed by atoms with E-state index in [1.807, 2.05) is 13.8 Å². The third kappa shape index (κ3) is 3.36. The molecule has 0 saturated carbocycles. The zero-order chi connectivity index (χ0) is 15.0. The zero-order valence-corrected chi connectivity index (χ0v) is 14.9. The van der Waals surface area contributed by atoms with E-state index in [2.05, 4.69) is 26.1 Å². The predicted octanol–water partition coefficient (Wildman–Crippen LogP) is 0.359. The Kier molecular flexibility index (Phi) is 4.46. The van der Waals surface area contributed by atoms with Gasteiger partial charge in [0.1, 0.15) is 16.4 Å². The molecule has 1 N–H and O–H groups in total. The van der Waals surface area contributed by atoms with E-state index in [0.29, 0.717) is 10.5 Å². The maximum Gasteiger partial charge on any atom is 0.304 e. The maximum atomic E-state index is 11.9. The van der Waals surface area contributed by atoms with Gasteiger partial charge in [-0.1, -0.05) is 20.8 Å². The molecule has 0 aromatic rings. The number of carbonyl (C=O) groups excluding carboxylic acids is 2. The average Bonchev–Trinajstić information content (AvgIpc) is 2.22. The first kappa shape index (κ1) is 16.2. The van der Waals surface area contributed by atoms with E-state index in [1.54, 1.807) is 0 Å². The highest BCUT2D eigenvalue weighted by molar-refractivity contribution is 5.98. The monoisotopic (exact) mass is 287 g/mol. The third-order valence-corrected chi connectivity index (χ3v) is 4.83. The van der Waals surface area contributed by atoms with Gasteiger partial charge in [-0.3, -0.25) is 9.59 Å². The first-order chi connectivity index (χ1) is 8.50. The molecule has 1 aliphatic heterocycles. The Morgan fingerprint density at radius 3 is 2.16 bits per heavy atom. The lowest BCUT2D eigenvalue weighted by Gasteiger charge is -2.51. The van der Waals surface area contributed by atoms with Crippen LogP contribution >= 0.6 is 0 Å². The summed E-state index contributed by atoms with van der Waals surface area (Å²) < 4.78 is 10.9. The average molecular weight is 287 g/mol. The SMILES string of the molecule is CC(=O)O[C@@H]1NC(=O)[C@H]1[C@H](C(C)(C)C)C(C)(C)O[SiH3]. The summed E-state index contributed by atoms with van der Waals surface area (Å²) in [5, 5.41) is 2.65. The van der Waals surface area contributed by atoms with Gasteiger partial charge in [0.05, 0.1) is 5.60 Å². The second-order valence-electron chi connectivity index (χ2n) is 6.72. The number of amides is 1. The van der Waals surface area contributed by atoms with Gasteiger partial charge in [0.15, 0.2) is 6.23 Å². The zero-order valence-electron chi connectivity index (χ0n) is 12.9. The van der Waals surface area contributed by atoms with Crippen LogP contribution in [0.5, 0.6) is 0 Å². The van der Waals surface area contributed by atoms with Crippen LogP contribution in [0.15, 0.2) is 0 Å². The molecule has 0 aromatic heterocycles. The van der Waals surface area contributed by atoms with Gasteiger partial charge >= 0.3 is 5.97 Å². The lowest BCUT2D eigenvalue weighted by atomic mass is 9.63. The largest absolute Gasteiger partial charge is 0.441 e. The number of carbonyl (C=O) groups is 2. The molecule has 6 heteroatoms. The van der Waals surface area contributed by atoms with Crippen LogP contribution in [0.3, 0.4) is 0 Å². The van der Waals surface area contributed by atoms with Crippen molar-refractivity contribution in [2.45, 2.75) is 53.4 Å². The summed E-state index contributed by atoms with van der Waals surface area (Å²) in [6.07, 6.45) is -0.537. The molecule has 0 aliphatic carbocycles. The van der Waals surface area contributed by atoms with Crippen LogP contribution in [-0.4, -0.2) is 34.2 Å². The van der Waals surface area contributed by atoms with Crippen LogP contribution in [0, 0.1) is 17.3 Å². The standard InChI is InChI=1S/C13H25NO4Si/c1-7(15)17-11-8(10(16)14-11)9(12(2,3)4)13(5,6)18-19/h8-9,11H,1-6,19H3,(H,14,16)/t8-,9-,11+/m1/s1. The van der Waals surface area contributed by atoms with Crippen molar-refractivity contribution in [3.05, 3.63) is 0 Å². The summed E-state index contributed by atoms with van der Waals surface area (Å²) in [6.45, 7) is 11.6. The molecule has 0 bridgehead atoms. The first-order valence-electron chi connectivity index (χ1n) is 6.53. The fourth-order valence-electron chi connectivity index (χ4n) is 3.12. The van der Waals surface area contributed by atoms with Gasteiger partial charge in [-0.25, -0.2) is 0 Å². The minimum atomic E-state index is -0.537. The summed E-state index contributed by atoms with van der Waals surface area (Å²) in [6, 6.07) is 0. The molecule has 5 nitrogen and oxygen atoms in total. The fourth-order valence-corrected chi connectivity index (χ4v) is 3.37. The molecular weight excluding hydrogens is 262 g/mol. The third-order valence-electron chi connectivity index (χ3n) is 3.77. The Morgan fingerprint density at radius 1 is 1.32 bits per heavy atom. The highest BCUT2D eigenvalue weighted by atomic mass is 28.2. The molecule has 110 valence electrons. The van der Waals surface area contributed by atoms with Crippen LogP contribution in [0.2, 0.25) is 0 Å². The Labute approximate surface area is 118 Å². The van der Waals surface area contributed by atoms with Crippen LogP contribution in [0.25, 0.3) is 0 Å². The van der Waals surface area contributed by atoms with E-state index in [-0.39, 0.29) is 29.1 Å². The molecule has 1 fully saturated rings. The van der Waals surface area contributed by atoms with Gasteiger partial charge < -0.3 is 14.5 Å². The number of ether oxygens (including phenoxy) is 1. The summed E-state index contributed by atoms with van der Waals surface area (Å²) in [7, 11) is 0.597. The van der Waals surface area contributed by atoms with Crippen molar-refractivity contribution in [1.29, 1.82) is 0 Å². The molecule has 0 spiro atoms. The molecular formula is C13H25NO4Si. The van der Waals surface area contributed by atoms with E-state index < -0.39 is 11.8 Å². The normalized spacial score (nSPS) is 25.5. The van der Waals surface area contributed by atoms with Gasteiger partial charge in [-0.2, -0.15) is 0 Å². The number of hydrogen-bond acceptors (Lipinski definition) is 4. The van der Waals surface area contributed by atoms with Gasteiger partial charge in [-0.15, -0.1) is 0 Å². The van der Waals surface area contributed by atoms with Crippen molar-refractivity contribution in [2.24, 2.45) is 17.3 Å². The summed E-state index contributed by atoms with van der Waals surface area (Å²) in [4.78, 5) is 23.0. The van der Waals surface area contributed by atoms with Gasteiger partial charge in [0, 0.05) is 12.8 Å². The van der Waals surface area contributed by atoms with Crippen molar-refractivity contribution in [2.75, 3.05) is 0 Å². The van der Waals surface area contributed by atoms with E-state index in [1.165, 1.54) is 6.92 Å². The van der Waals surface area contributed by atoms with Crippen LogP contribution in [-0.2, 0) is 18.8 Å². The molecule has 3 atom stereocenters. The molecule has 1 amide bonds. The minimum absolute atomic E-state index is 0.0319. The van der Waals surface area contributed by atoms with E-state index in [0.717, 1.165) is 0 Å². The second kappa shape index (κ2) is 5.24. The van der Waals surface area contributed by atoms with Crippen LogP contribution < -0.4 is 5.32 Å². The van der Waals surface area contributed by atoms with E-state index in [9.17, 15) is 9.59 Å². The lowest BCUT2D eigenvalue weighted by molar-refractivity contribution is -0.183. The lowest BCUT2D eigenvalue weighted by Crippen LogP contribution is -2.67. The highest BCUT2D eigenvalue weighted by Crippen LogP contribution is 2.45. The number of esters is 1. The highest BCUT2D eigenvalue weighted by Gasteiger charge is 2.55. The second-order valence-corrected chi connectivity index (χ2v) is 7.12. The molecule has 1 aliphatic rings. The number of β-lactam (4-membered cyclic amide) rings is 1. The van der Waals surface area contributed by atoms with Crippen LogP contribution in [0.4, 0.5) is 0 Å². The topological polar surface area (TPSA) is 64.6 Å². The Morgan fingerprint density at radius 2 is 1.84 bits per heavy atom. The van der Waals surface area contributed by atoms with Crippen molar-refractivity contribution < 1.29 is 18.8 Å². The minimum Gasteiger partial charge on any atom is -0.441 e. The summed E-state index contributed by atoms with van der Waals surface area (Å²) >= 11 is 0. The molecule has 0 aromatic carbocycles. The first-order valence-corrected chi connectivity index (χ1v) is 7.35. The smallest absolute Gasteiger partial charge is 0.304 e. The number of rotatable bonds is 4. The van der Waals surface area contributed by atoms with Crippen molar-refractivity contribution in [3.8, 4) is 0 Å². The van der Waals surface area contributed by atoms with Crippen molar-refractivity contribution in [3.63, 3.8) is 0 Å². The summed E-state index contributed by atoms with van der Waals surface area (Å²) in [5.41, 5.74) is -0.556. The molecule has 19 heavy (non-hydrogen) atoms. The molecule has 1 heterocycles. The van der Waals surface area contributed by atoms with E-state index in [4.69, 9.17) is 9.16 Å². The maximum absolute atomic E-state index is 11.9. The van der Waals surface area contributed by atoms with Gasteiger partial charge in [-0.05, 0) is 19.3 Å². The van der Waals surface area contributed by atoms with Gasteiger partial charge in [0.2, 0.25) is 5.91 Å². The summed E-state index contributed by atoms with van der Waals surface area (Å²) in [5.74, 6) is -0.839. The quantitative estimate of drug-likeness (QED) is 0.461. The number of nitrogens with one attached hydrogen (secondary N) is 1. The predicted molar refractivity (Wildman–Crippen MR) is 75.2 cm³/mol. The van der Waals surface area contributed by atoms with Crippen molar-refractivity contribution >= 4 is 22.4 Å². The van der Waals surface area contributed by atoms with Crippen molar-refractivity contribution in [1.82, 2.24) is 5.32 Å². The number of hydrogen-bond donors (Lipinski definition) is 1. The fraction of sp³-hybridized carbons (Fsp3) is 0.846. The van der Waals surface area contributed by atoms with Crippen LogP contribution in [0.1, 0.15) is 41.5 Å². The Hall–Kier alpha value is -0.883. The Bertz CT molecular complexity index is 375.